The SMILES string of the molecule is CCNC(=NCc1ccccc1CN1CCOCC1)NCCCOC(C)C.I. The molecule has 0 atom stereocenters. The fourth-order valence-corrected chi connectivity index (χ4v) is 2.97. The maximum Gasteiger partial charge on any atom is 0.191 e. The van der Waals surface area contributed by atoms with Gasteiger partial charge in [0.1, 0.15) is 0 Å². The highest BCUT2D eigenvalue weighted by atomic mass is 127. The summed E-state index contributed by atoms with van der Waals surface area (Å²) in [6.07, 6.45) is 1.26. The molecule has 2 N–H and O–H groups in total. The van der Waals surface area contributed by atoms with E-state index in [-0.39, 0.29) is 30.1 Å². The van der Waals surface area contributed by atoms with Crippen LogP contribution in [0.1, 0.15) is 38.3 Å². The Morgan fingerprint density at radius 2 is 1.89 bits per heavy atom. The first-order valence-electron chi connectivity index (χ1n) is 10.2. The minimum absolute atomic E-state index is 0. The molecule has 0 saturated carbocycles. The van der Waals surface area contributed by atoms with Gasteiger partial charge in [-0.1, -0.05) is 24.3 Å². The fourth-order valence-electron chi connectivity index (χ4n) is 2.97. The number of ether oxygens (including phenoxy) is 2. The molecule has 1 heterocycles. The maximum atomic E-state index is 5.59. The van der Waals surface area contributed by atoms with E-state index in [1.165, 1.54) is 11.1 Å². The molecule has 0 amide bonds. The smallest absolute Gasteiger partial charge is 0.191 e. The van der Waals surface area contributed by atoms with Crippen LogP contribution in [0.4, 0.5) is 0 Å². The van der Waals surface area contributed by atoms with E-state index >= 15 is 0 Å². The molecule has 0 aromatic heterocycles. The van der Waals surface area contributed by atoms with E-state index in [1.54, 1.807) is 0 Å². The number of aliphatic imine (C=N–C) groups is 1. The van der Waals surface area contributed by atoms with Crippen molar-refractivity contribution < 1.29 is 9.47 Å². The molecule has 1 aromatic rings. The van der Waals surface area contributed by atoms with Gasteiger partial charge < -0.3 is 20.1 Å². The van der Waals surface area contributed by atoms with Crippen molar-refractivity contribution in [2.45, 2.75) is 46.4 Å². The van der Waals surface area contributed by atoms with Crippen LogP contribution < -0.4 is 10.6 Å². The first-order valence-corrected chi connectivity index (χ1v) is 10.2. The quantitative estimate of drug-likeness (QED) is 0.222. The van der Waals surface area contributed by atoms with Gasteiger partial charge in [0.25, 0.3) is 0 Å². The lowest BCUT2D eigenvalue weighted by molar-refractivity contribution is 0.0341. The summed E-state index contributed by atoms with van der Waals surface area (Å²) in [6.45, 7) is 14.0. The molecule has 0 spiro atoms. The average Bonchev–Trinajstić information content (AvgIpc) is 2.67. The van der Waals surface area contributed by atoms with Crippen LogP contribution in [-0.2, 0) is 22.6 Å². The van der Waals surface area contributed by atoms with Crippen molar-refractivity contribution in [3.05, 3.63) is 35.4 Å². The van der Waals surface area contributed by atoms with Crippen molar-refractivity contribution >= 4 is 29.9 Å². The summed E-state index contributed by atoms with van der Waals surface area (Å²) >= 11 is 0. The molecule has 7 heteroatoms. The Balaban J connectivity index is 0.00000392. The summed E-state index contributed by atoms with van der Waals surface area (Å²) < 4.78 is 11.0. The predicted octanol–water partition coefficient (Wildman–Crippen LogP) is 3.01. The molecule has 0 radical (unpaired) electrons. The largest absolute Gasteiger partial charge is 0.379 e. The van der Waals surface area contributed by atoms with E-state index in [9.17, 15) is 0 Å². The van der Waals surface area contributed by atoms with Crippen LogP contribution in [0.5, 0.6) is 0 Å². The highest BCUT2D eigenvalue weighted by Gasteiger charge is 2.12. The maximum absolute atomic E-state index is 5.59. The molecule has 28 heavy (non-hydrogen) atoms. The topological polar surface area (TPSA) is 58.1 Å². The molecule has 1 aliphatic heterocycles. The monoisotopic (exact) mass is 504 g/mol. The second-order valence-electron chi connectivity index (χ2n) is 7.05. The minimum atomic E-state index is 0. The van der Waals surface area contributed by atoms with Gasteiger partial charge in [0.05, 0.1) is 25.9 Å². The van der Waals surface area contributed by atoms with Gasteiger partial charge in [-0.2, -0.15) is 0 Å². The normalized spacial score (nSPS) is 15.4. The molecule has 6 nitrogen and oxygen atoms in total. The van der Waals surface area contributed by atoms with Gasteiger partial charge in [-0.15, -0.1) is 24.0 Å². The van der Waals surface area contributed by atoms with E-state index in [4.69, 9.17) is 14.5 Å². The lowest BCUT2D eigenvalue weighted by Gasteiger charge is -2.27. The van der Waals surface area contributed by atoms with E-state index in [2.05, 4.69) is 60.6 Å². The first-order chi connectivity index (χ1) is 13.2. The Kier molecular flexibility index (Phi) is 13.5. The predicted molar refractivity (Wildman–Crippen MR) is 126 cm³/mol. The van der Waals surface area contributed by atoms with Gasteiger partial charge in [-0.05, 0) is 38.3 Å². The van der Waals surface area contributed by atoms with Crippen LogP contribution in [0.2, 0.25) is 0 Å². The highest BCUT2D eigenvalue weighted by Crippen LogP contribution is 2.14. The van der Waals surface area contributed by atoms with Crippen molar-refractivity contribution in [2.75, 3.05) is 46.0 Å². The number of nitrogens with one attached hydrogen (secondary N) is 2. The zero-order valence-electron chi connectivity index (χ0n) is 17.6. The lowest BCUT2D eigenvalue weighted by atomic mass is 10.1. The van der Waals surface area contributed by atoms with Crippen LogP contribution in [-0.4, -0.2) is 63.0 Å². The van der Waals surface area contributed by atoms with Gasteiger partial charge in [-0.25, -0.2) is 4.99 Å². The third kappa shape index (κ3) is 10.0. The Hall–Kier alpha value is -0.900. The summed E-state index contributed by atoms with van der Waals surface area (Å²) in [6, 6.07) is 8.60. The highest BCUT2D eigenvalue weighted by molar-refractivity contribution is 14.0. The second-order valence-corrected chi connectivity index (χ2v) is 7.05. The summed E-state index contributed by atoms with van der Waals surface area (Å²) in [5, 5.41) is 6.72. The van der Waals surface area contributed by atoms with E-state index in [1.807, 2.05) is 0 Å². The third-order valence-electron chi connectivity index (χ3n) is 4.43. The summed E-state index contributed by atoms with van der Waals surface area (Å²) in [5.74, 6) is 0.864. The molecule has 0 aliphatic carbocycles. The van der Waals surface area contributed by atoms with E-state index in [0.717, 1.165) is 64.9 Å². The number of morpholine rings is 1. The number of guanidine groups is 1. The zero-order chi connectivity index (χ0) is 19.3. The minimum Gasteiger partial charge on any atom is -0.379 e. The molecule has 1 aliphatic rings. The fraction of sp³-hybridized carbons (Fsp3) is 0.667. The van der Waals surface area contributed by atoms with Crippen LogP contribution >= 0.6 is 24.0 Å². The second kappa shape index (κ2) is 15.0. The number of nitrogens with zero attached hydrogens (tertiary/aromatic N) is 2. The van der Waals surface area contributed by atoms with Gasteiger partial charge in [-0.3, -0.25) is 4.90 Å². The van der Waals surface area contributed by atoms with Gasteiger partial charge in [0.15, 0.2) is 5.96 Å². The number of benzene rings is 1. The first kappa shape index (κ1) is 25.1. The molecule has 1 saturated heterocycles. The van der Waals surface area contributed by atoms with E-state index in [0.29, 0.717) is 6.54 Å². The van der Waals surface area contributed by atoms with Crippen molar-refractivity contribution in [2.24, 2.45) is 4.99 Å². The Morgan fingerprint density at radius 1 is 1.18 bits per heavy atom. The Morgan fingerprint density at radius 3 is 2.57 bits per heavy atom. The van der Waals surface area contributed by atoms with Crippen molar-refractivity contribution in [1.29, 1.82) is 0 Å². The molecule has 0 unspecified atom stereocenters. The van der Waals surface area contributed by atoms with Crippen LogP contribution in [0, 0.1) is 0 Å². The Labute approximate surface area is 187 Å². The summed E-state index contributed by atoms with van der Waals surface area (Å²) in [7, 11) is 0. The average molecular weight is 504 g/mol. The summed E-state index contributed by atoms with van der Waals surface area (Å²) in [4.78, 5) is 7.23. The van der Waals surface area contributed by atoms with Gasteiger partial charge in [0, 0.05) is 39.3 Å². The summed E-state index contributed by atoms with van der Waals surface area (Å²) in [5.41, 5.74) is 2.63. The number of halogens is 1. The lowest BCUT2D eigenvalue weighted by Crippen LogP contribution is -2.38. The Bertz CT molecular complexity index is 563. The molecule has 0 bridgehead atoms. The molecule has 1 aromatic carbocycles. The number of hydrogen-bond acceptors (Lipinski definition) is 4. The van der Waals surface area contributed by atoms with Gasteiger partial charge in [0.2, 0.25) is 0 Å². The van der Waals surface area contributed by atoms with Crippen LogP contribution in [0.3, 0.4) is 0 Å². The van der Waals surface area contributed by atoms with E-state index < -0.39 is 0 Å². The molecule has 2 rings (SSSR count). The van der Waals surface area contributed by atoms with Gasteiger partial charge >= 0.3 is 0 Å². The third-order valence-corrected chi connectivity index (χ3v) is 4.43. The number of hydrogen-bond donors (Lipinski definition) is 2. The standard InChI is InChI=1S/C21H36N4O2.HI/c1-4-22-21(23-10-7-13-27-18(2)3)24-16-19-8-5-6-9-20(19)17-25-11-14-26-15-12-25;/h5-6,8-9,18H,4,7,10-17H2,1-3H3,(H2,22,23,24);1H. The van der Waals surface area contributed by atoms with Crippen LogP contribution in [0.15, 0.2) is 29.3 Å². The van der Waals surface area contributed by atoms with Crippen LogP contribution in [0.25, 0.3) is 0 Å². The van der Waals surface area contributed by atoms with Crippen molar-refractivity contribution in [1.82, 2.24) is 15.5 Å². The molecule has 1 fully saturated rings. The molecular formula is C21H37IN4O2. The van der Waals surface area contributed by atoms with Crippen molar-refractivity contribution in [3.63, 3.8) is 0 Å². The molecule has 160 valence electrons. The zero-order valence-corrected chi connectivity index (χ0v) is 19.9. The molecular weight excluding hydrogens is 467 g/mol. The number of rotatable bonds is 10. The van der Waals surface area contributed by atoms with Crippen molar-refractivity contribution in [3.8, 4) is 0 Å².